The molecule has 2 rings (SSSR count). The molecule has 0 bridgehead atoms. The van der Waals surface area contributed by atoms with E-state index in [1.807, 2.05) is 50.2 Å². The highest BCUT2D eigenvalue weighted by molar-refractivity contribution is 8.00. The zero-order chi connectivity index (χ0) is 16.1. The molecule has 0 aliphatic rings. The number of thioether (sulfide) groups is 1. The van der Waals surface area contributed by atoms with Gasteiger partial charge in [0.1, 0.15) is 0 Å². The smallest absolute Gasteiger partial charge is 0.237 e. The first-order valence-corrected chi connectivity index (χ1v) is 8.62. The number of aryl methyl sites for hydroxylation is 1. The molecule has 1 atom stereocenters. The van der Waals surface area contributed by atoms with Crippen LogP contribution in [0.5, 0.6) is 0 Å². The van der Waals surface area contributed by atoms with Crippen molar-refractivity contribution in [1.29, 1.82) is 0 Å². The molecule has 2 aromatic rings. The average molecular weight is 354 g/mol. The first-order valence-electron chi connectivity index (χ1n) is 6.99. The number of nitrogens with one attached hydrogen (secondary N) is 1. The van der Waals surface area contributed by atoms with Crippen molar-refractivity contribution in [2.75, 3.05) is 5.32 Å². The van der Waals surface area contributed by atoms with Crippen molar-refractivity contribution in [3.05, 3.63) is 58.1 Å². The van der Waals surface area contributed by atoms with Crippen LogP contribution in [0, 0.1) is 6.92 Å². The molecule has 0 aromatic heterocycles. The quantitative estimate of drug-likeness (QED) is 0.687. The Labute approximate surface area is 145 Å². The Bertz CT molecular complexity index is 658. The molecule has 0 aliphatic heterocycles. The van der Waals surface area contributed by atoms with Crippen molar-refractivity contribution >= 4 is 46.6 Å². The van der Waals surface area contributed by atoms with Gasteiger partial charge in [-0.3, -0.25) is 4.79 Å². The summed E-state index contributed by atoms with van der Waals surface area (Å²) in [6, 6.07) is 13.0. The Hall–Kier alpha value is -1.16. The minimum absolute atomic E-state index is 0.0256. The molecular formula is C17H17Cl2NOS. The van der Waals surface area contributed by atoms with Gasteiger partial charge >= 0.3 is 0 Å². The Morgan fingerprint density at radius 1 is 1.18 bits per heavy atom. The summed E-state index contributed by atoms with van der Waals surface area (Å²) in [6.45, 7) is 3.93. The van der Waals surface area contributed by atoms with Gasteiger partial charge in [-0.05, 0) is 55.3 Å². The zero-order valence-electron chi connectivity index (χ0n) is 12.4. The third kappa shape index (κ3) is 4.67. The minimum Gasteiger partial charge on any atom is -0.325 e. The Morgan fingerprint density at radius 2 is 1.86 bits per heavy atom. The fourth-order valence-electron chi connectivity index (χ4n) is 1.89. The maximum atomic E-state index is 12.4. The molecule has 5 heteroatoms. The highest BCUT2D eigenvalue weighted by atomic mass is 35.5. The van der Waals surface area contributed by atoms with Crippen molar-refractivity contribution in [1.82, 2.24) is 0 Å². The number of carbonyl (C=O) groups excluding carboxylic acids is 1. The van der Waals surface area contributed by atoms with Crippen LogP contribution in [0.2, 0.25) is 10.0 Å². The lowest BCUT2D eigenvalue weighted by atomic mass is 10.2. The van der Waals surface area contributed by atoms with E-state index in [0.29, 0.717) is 10.0 Å². The Kier molecular flexibility index (Phi) is 6.18. The highest BCUT2D eigenvalue weighted by Crippen LogP contribution is 2.28. The van der Waals surface area contributed by atoms with E-state index in [1.54, 1.807) is 6.07 Å². The molecule has 22 heavy (non-hydrogen) atoms. The van der Waals surface area contributed by atoms with Gasteiger partial charge in [0.05, 0.1) is 5.25 Å². The van der Waals surface area contributed by atoms with Crippen LogP contribution < -0.4 is 5.32 Å². The lowest BCUT2D eigenvalue weighted by molar-refractivity contribution is -0.115. The number of rotatable bonds is 5. The molecule has 0 radical (unpaired) electrons. The number of hydrogen-bond donors (Lipinski definition) is 1. The van der Waals surface area contributed by atoms with E-state index in [2.05, 4.69) is 5.32 Å². The monoisotopic (exact) mass is 353 g/mol. The molecule has 1 N–H and O–H groups in total. The summed E-state index contributed by atoms with van der Waals surface area (Å²) in [7, 11) is 0. The largest absolute Gasteiger partial charge is 0.325 e. The van der Waals surface area contributed by atoms with Gasteiger partial charge in [-0.15, -0.1) is 11.8 Å². The maximum Gasteiger partial charge on any atom is 0.237 e. The van der Waals surface area contributed by atoms with Crippen molar-refractivity contribution in [2.45, 2.75) is 30.4 Å². The van der Waals surface area contributed by atoms with Crippen molar-refractivity contribution in [2.24, 2.45) is 0 Å². The van der Waals surface area contributed by atoms with Gasteiger partial charge in [-0.1, -0.05) is 36.2 Å². The summed E-state index contributed by atoms with van der Waals surface area (Å²) in [5, 5.41) is 4.10. The van der Waals surface area contributed by atoms with Crippen LogP contribution in [-0.4, -0.2) is 11.2 Å². The Balaban J connectivity index is 2.04. The number of amides is 1. The predicted octanol–water partition coefficient (Wildman–Crippen LogP) is 5.81. The number of carbonyl (C=O) groups is 1. The summed E-state index contributed by atoms with van der Waals surface area (Å²) in [4.78, 5) is 13.4. The van der Waals surface area contributed by atoms with Gasteiger partial charge in [0.15, 0.2) is 0 Å². The molecule has 116 valence electrons. The molecule has 0 aliphatic carbocycles. The normalized spacial score (nSPS) is 12.0. The summed E-state index contributed by atoms with van der Waals surface area (Å²) < 4.78 is 0. The van der Waals surface area contributed by atoms with Crippen LogP contribution in [0.3, 0.4) is 0 Å². The van der Waals surface area contributed by atoms with Gasteiger partial charge < -0.3 is 5.32 Å². The molecule has 0 saturated heterocycles. The Morgan fingerprint density at radius 3 is 2.45 bits per heavy atom. The van der Waals surface area contributed by atoms with E-state index >= 15 is 0 Å². The molecule has 0 heterocycles. The second-order valence-electron chi connectivity index (χ2n) is 4.92. The molecule has 0 spiro atoms. The van der Waals surface area contributed by atoms with Gasteiger partial charge in [0.25, 0.3) is 0 Å². The first kappa shape index (κ1) is 17.2. The standard InChI is InChI=1S/C17H17Cl2NOS/c1-3-16(22-14-8-5-12(18)6-9-14)17(21)20-13-7-4-11(2)15(19)10-13/h4-10,16H,3H2,1-2H3,(H,20,21)/t16-/m1/s1. The van der Waals surface area contributed by atoms with E-state index in [9.17, 15) is 4.79 Å². The summed E-state index contributed by atoms with van der Waals surface area (Å²) in [6.07, 6.45) is 0.735. The van der Waals surface area contributed by atoms with Crippen LogP contribution in [0.25, 0.3) is 0 Å². The average Bonchev–Trinajstić information content (AvgIpc) is 2.50. The first-order chi connectivity index (χ1) is 10.5. The number of halogens is 2. The van der Waals surface area contributed by atoms with Crippen LogP contribution in [-0.2, 0) is 4.79 Å². The van der Waals surface area contributed by atoms with E-state index in [1.165, 1.54) is 11.8 Å². The van der Waals surface area contributed by atoms with Gasteiger partial charge in [-0.2, -0.15) is 0 Å². The van der Waals surface area contributed by atoms with Crippen LogP contribution in [0.4, 0.5) is 5.69 Å². The number of anilines is 1. The highest BCUT2D eigenvalue weighted by Gasteiger charge is 2.18. The zero-order valence-corrected chi connectivity index (χ0v) is 14.7. The SMILES string of the molecule is CC[C@@H](Sc1ccc(Cl)cc1)C(=O)Nc1ccc(C)c(Cl)c1. The van der Waals surface area contributed by atoms with Gasteiger partial charge in [-0.25, -0.2) is 0 Å². The second kappa shape index (κ2) is 7.91. The molecular weight excluding hydrogens is 337 g/mol. The van der Waals surface area contributed by atoms with E-state index in [4.69, 9.17) is 23.2 Å². The lowest BCUT2D eigenvalue weighted by Crippen LogP contribution is -2.24. The van der Waals surface area contributed by atoms with Crippen molar-refractivity contribution in [3.8, 4) is 0 Å². The van der Waals surface area contributed by atoms with E-state index < -0.39 is 0 Å². The second-order valence-corrected chi connectivity index (χ2v) is 7.04. The molecule has 1 amide bonds. The minimum atomic E-state index is -0.166. The van der Waals surface area contributed by atoms with E-state index in [-0.39, 0.29) is 11.2 Å². The fourth-order valence-corrected chi connectivity index (χ4v) is 3.15. The molecule has 0 fully saturated rings. The maximum absolute atomic E-state index is 12.4. The van der Waals surface area contributed by atoms with Crippen molar-refractivity contribution in [3.63, 3.8) is 0 Å². The molecule has 0 unspecified atom stereocenters. The molecule has 2 nitrogen and oxygen atoms in total. The summed E-state index contributed by atoms with van der Waals surface area (Å²) in [5.41, 5.74) is 1.71. The van der Waals surface area contributed by atoms with Gasteiger partial charge in [0, 0.05) is 20.6 Å². The van der Waals surface area contributed by atoms with Crippen LogP contribution in [0.1, 0.15) is 18.9 Å². The fraction of sp³-hybridized carbons (Fsp3) is 0.235. The lowest BCUT2D eigenvalue weighted by Gasteiger charge is -2.15. The third-order valence-corrected chi connectivity index (χ3v) is 5.23. The third-order valence-electron chi connectivity index (χ3n) is 3.19. The van der Waals surface area contributed by atoms with E-state index in [0.717, 1.165) is 22.6 Å². The van der Waals surface area contributed by atoms with Crippen molar-refractivity contribution < 1.29 is 4.79 Å². The molecule has 2 aromatic carbocycles. The van der Waals surface area contributed by atoms with Crippen LogP contribution >= 0.6 is 35.0 Å². The number of benzene rings is 2. The topological polar surface area (TPSA) is 29.1 Å². The summed E-state index contributed by atoms with van der Waals surface area (Å²) in [5.74, 6) is -0.0256. The summed E-state index contributed by atoms with van der Waals surface area (Å²) >= 11 is 13.5. The van der Waals surface area contributed by atoms with Gasteiger partial charge in [0.2, 0.25) is 5.91 Å². The predicted molar refractivity (Wildman–Crippen MR) is 96.2 cm³/mol. The molecule has 0 saturated carbocycles. The van der Waals surface area contributed by atoms with Crippen LogP contribution in [0.15, 0.2) is 47.4 Å². The number of hydrogen-bond acceptors (Lipinski definition) is 2.